The van der Waals surface area contributed by atoms with Crippen molar-refractivity contribution in [2.75, 3.05) is 13.2 Å². The van der Waals surface area contributed by atoms with Gasteiger partial charge in [-0.25, -0.2) is 9.78 Å². The summed E-state index contributed by atoms with van der Waals surface area (Å²) in [5.74, 6) is -0.366. The highest BCUT2D eigenvalue weighted by Gasteiger charge is 2.52. The SMILES string of the molecule is CCOC(=O)c1cnc(C=C(CN)B2OC(C)(C)C(C)(C)O2)s1. The van der Waals surface area contributed by atoms with E-state index in [1.807, 2.05) is 33.8 Å². The average Bonchev–Trinajstić information content (AvgIpc) is 2.99. The van der Waals surface area contributed by atoms with Crippen LogP contribution in [0.3, 0.4) is 0 Å². The van der Waals surface area contributed by atoms with E-state index in [4.69, 9.17) is 19.8 Å². The van der Waals surface area contributed by atoms with Crippen LogP contribution in [0.2, 0.25) is 0 Å². The molecule has 2 rings (SSSR count). The van der Waals surface area contributed by atoms with Crippen molar-refractivity contribution in [2.45, 2.75) is 45.8 Å². The van der Waals surface area contributed by atoms with Crippen molar-refractivity contribution < 1.29 is 18.8 Å². The van der Waals surface area contributed by atoms with Crippen LogP contribution in [0.15, 0.2) is 11.7 Å². The van der Waals surface area contributed by atoms with Crippen LogP contribution >= 0.6 is 11.3 Å². The summed E-state index contributed by atoms with van der Waals surface area (Å²) in [6.45, 7) is 10.3. The van der Waals surface area contributed by atoms with Gasteiger partial charge < -0.3 is 19.8 Å². The standard InChI is InChI=1S/C15H23BN2O4S/c1-6-20-13(19)11-9-18-12(23-11)7-10(8-17)16-21-14(2,3)15(4,5)22-16/h7,9H,6,8,17H2,1-5H3. The Hall–Kier alpha value is -1.22. The summed E-state index contributed by atoms with van der Waals surface area (Å²) in [6.07, 6.45) is 3.32. The predicted molar refractivity (Wildman–Crippen MR) is 91.2 cm³/mol. The Bertz CT molecular complexity index is 596. The summed E-state index contributed by atoms with van der Waals surface area (Å²) in [7, 11) is -0.514. The van der Waals surface area contributed by atoms with E-state index >= 15 is 0 Å². The number of aromatic nitrogens is 1. The zero-order valence-electron chi connectivity index (χ0n) is 14.2. The lowest BCUT2D eigenvalue weighted by Crippen LogP contribution is -2.41. The average molecular weight is 338 g/mol. The molecule has 0 unspecified atom stereocenters. The van der Waals surface area contributed by atoms with Crippen molar-refractivity contribution in [3.05, 3.63) is 21.6 Å². The lowest BCUT2D eigenvalue weighted by molar-refractivity contribution is 0.00578. The predicted octanol–water partition coefficient (Wildman–Crippen LogP) is 2.29. The molecular formula is C15H23BN2O4S. The molecule has 1 saturated heterocycles. The summed E-state index contributed by atoms with van der Waals surface area (Å²) >= 11 is 1.25. The van der Waals surface area contributed by atoms with E-state index in [1.54, 1.807) is 6.92 Å². The van der Waals surface area contributed by atoms with Gasteiger partial charge in [-0.05, 0) is 46.2 Å². The Labute approximate surface area is 141 Å². The third kappa shape index (κ3) is 3.83. The van der Waals surface area contributed by atoms with Crippen molar-refractivity contribution >= 4 is 30.5 Å². The van der Waals surface area contributed by atoms with Gasteiger partial charge in [0.2, 0.25) is 0 Å². The van der Waals surface area contributed by atoms with Crippen LogP contribution in [0, 0.1) is 0 Å². The quantitative estimate of drug-likeness (QED) is 0.655. The topological polar surface area (TPSA) is 83.7 Å². The fourth-order valence-electron chi connectivity index (χ4n) is 2.03. The summed E-state index contributed by atoms with van der Waals surface area (Å²) in [5.41, 5.74) is 5.78. The van der Waals surface area contributed by atoms with Gasteiger partial charge in [0.25, 0.3) is 0 Å². The Kier molecular flexibility index (Phi) is 5.30. The van der Waals surface area contributed by atoms with E-state index in [9.17, 15) is 4.79 Å². The Morgan fingerprint density at radius 3 is 2.52 bits per heavy atom. The molecule has 126 valence electrons. The monoisotopic (exact) mass is 338 g/mol. The zero-order valence-corrected chi connectivity index (χ0v) is 15.0. The first-order chi connectivity index (χ1) is 10.7. The van der Waals surface area contributed by atoms with Crippen LogP contribution in [0.1, 0.15) is 49.3 Å². The van der Waals surface area contributed by atoms with Crippen LogP contribution in [-0.4, -0.2) is 42.4 Å². The Morgan fingerprint density at radius 1 is 1.39 bits per heavy atom. The maximum absolute atomic E-state index is 11.7. The van der Waals surface area contributed by atoms with Gasteiger partial charge in [-0.2, -0.15) is 0 Å². The van der Waals surface area contributed by atoms with Gasteiger partial charge in [-0.1, -0.05) is 0 Å². The van der Waals surface area contributed by atoms with Crippen molar-refractivity contribution in [1.82, 2.24) is 4.98 Å². The summed E-state index contributed by atoms with van der Waals surface area (Å²) in [6, 6.07) is 0. The molecule has 2 heterocycles. The molecule has 2 N–H and O–H groups in total. The number of nitrogens with two attached hydrogens (primary N) is 1. The summed E-state index contributed by atoms with van der Waals surface area (Å²) in [5, 5.41) is 0.670. The van der Waals surface area contributed by atoms with Gasteiger partial charge >= 0.3 is 13.1 Å². The van der Waals surface area contributed by atoms with Crippen LogP contribution in [0.4, 0.5) is 0 Å². The van der Waals surface area contributed by atoms with Gasteiger partial charge in [0, 0.05) is 6.54 Å². The number of thiazole rings is 1. The van der Waals surface area contributed by atoms with Crippen LogP contribution < -0.4 is 5.73 Å². The number of rotatable bonds is 5. The highest BCUT2D eigenvalue weighted by molar-refractivity contribution is 7.14. The molecule has 1 aromatic rings. The van der Waals surface area contributed by atoms with E-state index in [-0.39, 0.29) is 12.5 Å². The Morgan fingerprint density at radius 2 is 2.00 bits per heavy atom. The number of esters is 1. The number of nitrogens with zero attached hydrogens (tertiary/aromatic N) is 1. The smallest absolute Gasteiger partial charge is 0.462 e. The van der Waals surface area contributed by atoms with Gasteiger partial charge in [0.05, 0.1) is 24.0 Å². The van der Waals surface area contributed by atoms with Crippen LogP contribution in [-0.2, 0) is 14.0 Å². The fourth-order valence-corrected chi connectivity index (χ4v) is 2.82. The summed E-state index contributed by atoms with van der Waals surface area (Å²) in [4.78, 5) is 16.4. The number of ether oxygens (including phenoxy) is 1. The molecule has 0 aliphatic carbocycles. The van der Waals surface area contributed by atoms with Gasteiger partial charge in [-0.3, -0.25) is 0 Å². The molecule has 0 bridgehead atoms. The fraction of sp³-hybridized carbons (Fsp3) is 0.600. The Balaban J connectivity index is 2.19. The molecule has 0 atom stereocenters. The van der Waals surface area contributed by atoms with Crippen molar-refractivity contribution in [3.8, 4) is 0 Å². The van der Waals surface area contributed by atoms with Crippen molar-refractivity contribution in [2.24, 2.45) is 5.73 Å². The second-order valence-electron chi connectivity index (χ2n) is 6.29. The molecule has 1 aromatic heterocycles. The summed E-state index contributed by atoms with van der Waals surface area (Å²) < 4.78 is 17.0. The molecule has 0 radical (unpaired) electrons. The minimum Gasteiger partial charge on any atom is -0.462 e. The molecule has 0 aromatic carbocycles. The molecule has 1 fully saturated rings. The van der Waals surface area contributed by atoms with E-state index < -0.39 is 18.3 Å². The third-order valence-corrected chi connectivity index (χ3v) is 5.03. The maximum Gasteiger partial charge on any atom is 0.491 e. The minimum absolute atomic E-state index is 0.283. The first kappa shape index (κ1) is 18.1. The minimum atomic E-state index is -0.514. The number of carbonyl (C=O) groups is 1. The zero-order chi connectivity index (χ0) is 17.3. The molecular weight excluding hydrogens is 315 g/mol. The highest BCUT2D eigenvalue weighted by atomic mass is 32.1. The molecule has 6 nitrogen and oxygen atoms in total. The largest absolute Gasteiger partial charge is 0.491 e. The lowest BCUT2D eigenvalue weighted by atomic mass is 9.78. The van der Waals surface area contributed by atoms with Crippen molar-refractivity contribution in [3.63, 3.8) is 0 Å². The second-order valence-corrected chi connectivity index (χ2v) is 7.36. The maximum atomic E-state index is 11.7. The van der Waals surface area contributed by atoms with Gasteiger partial charge in [0.1, 0.15) is 9.88 Å². The first-order valence-corrected chi connectivity index (χ1v) is 8.41. The lowest BCUT2D eigenvalue weighted by Gasteiger charge is -2.32. The van der Waals surface area contributed by atoms with E-state index in [1.165, 1.54) is 17.5 Å². The molecule has 0 amide bonds. The van der Waals surface area contributed by atoms with E-state index in [0.717, 1.165) is 5.47 Å². The molecule has 0 saturated carbocycles. The second kappa shape index (κ2) is 6.72. The molecule has 8 heteroatoms. The van der Waals surface area contributed by atoms with E-state index in [2.05, 4.69) is 4.98 Å². The molecule has 23 heavy (non-hydrogen) atoms. The van der Waals surface area contributed by atoms with Gasteiger partial charge in [-0.15, -0.1) is 11.3 Å². The van der Waals surface area contributed by atoms with Crippen LogP contribution in [0.5, 0.6) is 0 Å². The normalized spacial score (nSPS) is 19.9. The van der Waals surface area contributed by atoms with Crippen molar-refractivity contribution in [1.29, 1.82) is 0 Å². The molecule has 1 aliphatic heterocycles. The van der Waals surface area contributed by atoms with E-state index in [0.29, 0.717) is 16.5 Å². The van der Waals surface area contributed by atoms with Gasteiger partial charge in [0.15, 0.2) is 0 Å². The molecule has 0 spiro atoms. The first-order valence-electron chi connectivity index (χ1n) is 7.59. The number of hydrogen-bond donors (Lipinski definition) is 1. The highest BCUT2D eigenvalue weighted by Crippen LogP contribution is 2.38. The molecule has 1 aliphatic rings. The third-order valence-electron chi connectivity index (χ3n) is 4.10. The van der Waals surface area contributed by atoms with Crippen LogP contribution in [0.25, 0.3) is 6.08 Å². The number of hydrogen-bond acceptors (Lipinski definition) is 7. The number of carbonyl (C=O) groups excluding carboxylic acids is 1.